The van der Waals surface area contributed by atoms with Gasteiger partial charge in [0.1, 0.15) is 11.6 Å². The number of carbonyl (C=O) groups excluding carboxylic acids is 1. The molecule has 0 aliphatic carbocycles. The van der Waals surface area contributed by atoms with E-state index in [4.69, 9.17) is 0 Å². The smallest absolute Gasteiger partial charge is 0.238 e. The van der Waals surface area contributed by atoms with Gasteiger partial charge in [0.15, 0.2) is 0 Å². The fraction of sp³-hybridized carbons (Fsp3) is 0.250. The first-order chi connectivity index (χ1) is 12.0. The molecule has 0 radical (unpaired) electrons. The molecule has 0 unspecified atom stereocenters. The van der Waals surface area contributed by atoms with Crippen molar-refractivity contribution in [1.29, 1.82) is 0 Å². The maximum absolute atomic E-state index is 14.4. The fourth-order valence-corrected chi connectivity index (χ4v) is 3.79. The minimum atomic E-state index is -0.484. The molecule has 2 aliphatic rings. The van der Waals surface area contributed by atoms with Crippen LogP contribution >= 0.6 is 0 Å². The topological polar surface area (TPSA) is 23.6 Å². The summed E-state index contributed by atoms with van der Waals surface area (Å²) in [6.45, 7) is 0.920. The molecule has 2 heterocycles. The van der Waals surface area contributed by atoms with Crippen molar-refractivity contribution < 1.29 is 13.6 Å². The van der Waals surface area contributed by atoms with Crippen LogP contribution in [0.15, 0.2) is 54.6 Å². The Morgan fingerprint density at radius 1 is 1.08 bits per heavy atom. The van der Waals surface area contributed by atoms with Crippen LogP contribution in [-0.4, -0.2) is 41.9 Å². The van der Waals surface area contributed by atoms with E-state index >= 15 is 0 Å². The van der Waals surface area contributed by atoms with Gasteiger partial charge in [-0.15, -0.1) is 0 Å². The predicted molar refractivity (Wildman–Crippen MR) is 91.6 cm³/mol. The lowest BCUT2D eigenvalue weighted by molar-refractivity contribution is -0.138. The molecule has 0 N–H and O–H groups in total. The van der Waals surface area contributed by atoms with E-state index in [1.165, 1.54) is 6.07 Å². The number of hydrogen-bond acceptors (Lipinski definition) is 2. The highest BCUT2D eigenvalue weighted by Gasteiger charge is 2.43. The summed E-state index contributed by atoms with van der Waals surface area (Å²) in [5, 5.41) is 0. The molecule has 25 heavy (non-hydrogen) atoms. The highest BCUT2D eigenvalue weighted by molar-refractivity contribution is 5.87. The van der Waals surface area contributed by atoms with Crippen LogP contribution in [0, 0.1) is 11.6 Å². The van der Waals surface area contributed by atoms with E-state index in [2.05, 4.69) is 0 Å². The Bertz CT molecular complexity index is 850. The van der Waals surface area contributed by atoms with Gasteiger partial charge in [-0.05, 0) is 36.4 Å². The fourth-order valence-electron chi connectivity index (χ4n) is 3.79. The van der Waals surface area contributed by atoms with E-state index in [1.54, 1.807) is 4.90 Å². The van der Waals surface area contributed by atoms with Crippen LogP contribution in [-0.2, 0) is 4.79 Å². The highest BCUT2D eigenvalue weighted by atomic mass is 19.1. The molecule has 5 heteroatoms. The molecule has 0 saturated carbocycles. The molecule has 2 aliphatic heterocycles. The number of nitrogens with zero attached hydrogens (tertiary/aromatic N) is 2. The molecule has 128 valence electrons. The summed E-state index contributed by atoms with van der Waals surface area (Å²) in [5.74, 6) is -0.958. The molecular weight excluding hydrogens is 322 g/mol. The Kier molecular flexibility index (Phi) is 3.88. The first kappa shape index (κ1) is 16.0. The minimum Gasteiger partial charge on any atom is -0.323 e. The maximum Gasteiger partial charge on any atom is 0.238 e. The molecule has 0 aromatic heterocycles. The highest BCUT2D eigenvalue weighted by Crippen LogP contribution is 2.41. The van der Waals surface area contributed by atoms with Gasteiger partial charge in [0, 0.05) is 12.1 Å². The third-order valence-electron chi connectivity index (χ3n) is 4.89. The van der Waals surface area contributed by atoms with Gasteiger partial charge in [-0.3, -0.25) is 9.69 Å². The summed E-state index contributed by atoms with van der Waals surface area (Å²) in [6, 6.07) is 12.6. The standard InChI is InChI=1S/C20H18F2N2O/c1-23-11-19-16(15-9-14(21)7-8-17(15)22)10-18(24(19)20(25)12-23)13-5-3-2-4-6-13/h2-10,18-19H,11-12H2,1H3/t18-,19-/m1/s1. The Morgan fingerprint density at radius 3 is 2.60 bits per heavy atom. The SMILES string of the molecule is CN1CC(=O)N2[C@H](C1)C(c1cc(F)ccc1F)=C[C@@H]2c1ccccc1. The molecule has 0 spiro atoms. The van der Waals surface area contributed by atoms with E-state index in [-0.39, 0.29) is 23.6 Å². The Morgan fingerprint density at radius 2 is 1.84 bits per heavy atom. The predicted octanol–water partition coefficient (Wildman–Crippen LogP) is 3.25. The van der Waals surface area contributed by atoms with Crippen molar-refractivity contribution in [1.82, 2.24) is 9.80 Å². The average molecular weight is 340 g/mol. The molecule has 2 atom stereocenters. The zero-order chi connectivity index (χ0) is 17.6. The Hall–Kier alpha value is -2.53. The molecule has 3 nitrogen and oxygen atoms in total. The van der Waals surface area contributed by atoms with Crippen molar-refractivity contribution in [2.24, 2.45) is 0 Å². The van der Waals surface area contributed by atoms with Crippen molar-refractivity contribution in [3.8, 4) is 0 Å². The average Bonchev–Trinajstić information content (AvgIpc) is 2.97. The van der Waals surface area contributed by atoms with Gasteiger partial charge >= 0.3 is 0 Å². The number of rotatable bonds is 2. The van der Waals surface area contributed by atoms with Gasteiger partial charge in [-0.2, -0.15) is 0 Å². The van der Waals surface area contributed by atoms with Gasteiger partial charge in [0.25, 0.3) is 0 Å². The van der Waals surface area contributed by atoms with Gasteiger partial charge in [0.2, 0.25) is 5.91 Å². The lowest BCUT2D eigenvalue weighted by Crippen LogP contribution is -2.54. The van der Waals surface area contributed by atoms with Crippen molar-refractivity contribution in [2.45, 2.75) is 12.1 Å². The second-order valence-corrected chi connectivity index (χ2v) is 6.62. The third-order valence-corrected chi connectivity index (χ3v) is 4.89. The van der Waals surface area contributed by atoms with Crippen LogP contribution in [0.1, 0.15) is 17.2 Å². The minimum absolute atomic E-state index is 0.00401. The van der Waals surface area contributed by atoms with Crippen molar-refractivity contribution in [3.05, 3.63) is 77.4 Å². The van der Waals surface area contributed by atoms with Crippen LogP contribution in [0.4, 0.5) is 8.78 Å². The van der Waals surface area contributed by atoms with E-state index in [0.717, 1.165) is 17.7 Å². The van der Waals surface area contributed by atoms with Crippen molar-refractivity contribution in [3.63, 3.8) is 0 Å². The van der Waals surface area contributed by atoms with Gasteiger partial charge in [-0.1, -0.05) is 36.4 Å². The second kappa shape index (κ2) is 6.08. The van der Waals surface area contributed by atoms with Crippen molar-refractivity contribution in [2.75, 3.05) is 20.1 Å². The molecule has 4 rings (SSSR count). The van der Waals surface area contributed by atoms with Gasteiger partial charge < -0.3 is 4.90 Å². The normalized spacial score (nSPS) is 23.6. The van der Waals surface area contributed by atoms with Gasteiger partial charge in [-0.25, -0.2) is 8.78 Å². The first-order valence-electron chi connectivity index (χ1n) is 8.26. The van der Waals surface area contributed by atoms with Crippen LogP contribution in [0.5, 0.6) is 0 Å². The van der Waals surface area contributed by atoms with Crippen LogP contribution in [0.3, 0.4) is 0 Å². The molecule has 1 fully saturated rings. The van der Waals surface area contributed by atoms with Crippen LogP contribution in [0.25, 0.3) is 5.57 Å². The number of benzene rings is 2. The molecule has 2 aromatic rings. The van der Waals surface area contributed by atoms with E-state index in [0.29, 0.717) is 18.7 Å². The molecular formula is C20H18F2N2O. The number of amides is 1. The summed E-state index contributed by atoms with van der Waals surface area (Å²) in [4.78, 5) is 16.4. The van der Waals surface area contributed by atoms with Crippen LogP contribution < -0.4 is 0 Å². The first-order valence-corrected chi connectivity index (χ1v) is 8.26. The van der Waals surface area contributed by atoms with Gasteiger partial charge in [0.05, 0.1) is 18.6 Å². The number of likely N-dealkylation sites (N-methyl/N-ethyl adjacent to an activating group) is 1. The molecule has 2 aromatic carbocycles. The lowest BCUT2D eigenvalue weighted by atomic mass is 9.97. The van der Waals surface area contributed by atoms with Crippen LogP contribution in [0.2, 0.25) is 0 Å². The number of carbonyl (C=O) groups is 1. The lowest BCUT2D eigenvalue weighted by Gasteiger charge is -2.39. The summed E-state index contributed by atoms with van der Waals surface area (Å²) in [6.07, 6.45) is 1.90. The van der Waals surface area contributed by atoms with E-state index in [9.17, 15) is 13.6 Å². The largest absolute Gasteiger partial charge is 0.323 e. The van der Waals surface area contributed by atoms with E-state index in [1.807, 2.05) is 48.4 Å². The van der Waals surface area contributed by atoms with E-state index < -0.39 is 11.6 Å². The second-order valence-electron chi connectivity index (χ2n) is 6.62. The summed E-state index contributed by atoms with van der Waals surface area (Å²) >= 11 is 0. The Balaban J connectivity index is 1.84. The monoisotopic (exact) mass is 340 g/mol. The van der Waals surface area contributed by atoms with Crippen molar-refractivity contribution >= 4 is 11.5 Å². The third kappa shape index (κ3) is 2.74. The maximum atomic E-state index is 14.4. The number of halogens is 2. The number of fused-ring (bicyclic) bond motifs is 1. The number of hydrogen-bond donors (Lipinski definition) is 0. The summed E-state index contributed by atoms with van der Waals surface area (Å²) in [7, 11) is 1.87. The summed E-state index contributed by atoms with van der Waals surface area (Å²) in [5.41, 5.74) is 1.87. The zero-order valence-electron chi connectivity index (χ0n) is 13.8. The molecule has 1 saturated heterocycles. The zero-order valence-corrected chi connectivity index (χ0v) is 13.8. The Labute approximate surface area is 145 Å². The molecule has 1 amide bonds. The number of piperazine rings is 1. The summed E-state index contributed by atoms with van der Waals surface area (Å²) < 4.78 is 28.1. The molecule has 0 bridgehead atoms. The quantitative estimate of drug-likeness (QED) is 0.838.